The number of esters is 1. The molecule has 0 saturated heterocycles. The number of rotatable bonds is 4. The number of carbonyl (C=O) groups excluding carboxylic acids is 1. The van der Waals surface area contributed by atoms with Crippen molar-refractivity contribution in [2.75, 3.05) is 0 Å². The maximum absolute atomic E-state index is 12.2. The molecule has 4 nitrogen and oxygen atoms in total. The van der Waals surface area contributed by atoms with Gasteiger partial charge in [-0.3, -0.25) is 0 Å². The number of ether oxygens (including phenoxy) is 1. The van der Waals surface area contributed by atoms with Gasteiger partial charge in [0.15, 0.2) is 5.71 Å². The molecular formula is C15H20BrNO3S. The van der Waals surface area contributed by atoms with E-state index in [2.05, 4.69) is 20.3 Å². The number of halogens is 1. The normalized spacial score (nSPS) is 14.1. The lowest BCUT2D eigenvalue weighted by atomic mass is 10.1. The molecule has 0 heterocycles. The Labute approximate surface area is 136 Å². The molecule has 0 spiro atoms. The van der Waals surface area contributed by atoms with Crippen molar-refractivity contribution in [1.29, 1.82) is 0 Å². The highest BCUT2D eigenvalue weighted by Crippen LogP contribution is 2.17. The van der Waals surface area contributed by atoms with Crippen LogP contribution in [-0.2, 0) is 20.5 Å². The van der Waals surface area contributed by atoms with Gasteiger partial charge in [0.05, 0.1) is 10.9 Å². The van der Waals surface area contributed by atoms with E-state index in [-0.39, 0.29) is 11.8 Å². The predicted molar refractivity (Wildman–Crippen MR) is 89.8 cm³/mol. The largest absolute Gasteiger partial charge is 0.458 e. The average Bonchev–Trinajstić information content (AvgIpc) is 2.34. The van der Waals surface area contributed by atoms with E-state index in [1.807, 2.05) is 0 Å². The third-order valence-electron chi connectivity index (χ3n) is 2.35. The Morgan fingerprint density at radius 3 is 2.19 bits per heavy atom. The van der Waals surface area contributed by atoms with E-state index in [9.17, 15) is 9.00 Å². The molecule has 1 aromatic rings. The van der Waals surface area contributed by atoms with Crippen LogP contribution in [0.3, 0.4) is 0 Å². The smallest absolute Gasteiger partial charge is 0.358 e. The van der Waals surface area contributed by atoms with Gasteiger partial charge in [-0.15, -0.1) is 0 Å². The van der Waals surface area contributed by atoms with Gasteiger partial charge in [0.25, 0.3) is 0 Å². The molecule has 0 unspecified atom stereocenters. The van der Waals surface area contributed by atoms with Crippen LogP contribution < -0.4 is 0 Å². The second-order valence-corrected chi connectivity index (χ2v) is 8.58. The zero-order valence-corrected chi connectivity index (χ0v) is 15.2. The molecule has 116 valence electrons. The highest BCUT2D eigenvalue weighted by Gasteiger charge is 2.24. The molecule has 0 aliphatic heterocycles. The molecule has 1 atom stereocenters. The summed E-state index contributed by atoms with van der Waals surface area (Å²) >= 11 is 3.34. The van der Waals surface area contributed by atoms with E-state index < -0.39 is 21.7 Å². The molecular weight excluding hydrogens is 354 g/mol. The Hall–Kier alpha value is -1.01. The van der Waals surface area contributed by atoms with Gasteiger partial charge in [-0.05, 0) is 46.8 Å². The van der Waals surface area contributed by atoms with Crippen LogP contribution in [0.4, 0.5) is 0 Å². The predicted octanol–water partition coefficient (Wildman–Crippen LogP) is 3.65. The summed E-state index contributed by atoms with van der Waals surface area (Å²) in [7, 11) is -1.53. The summed E-state index contributed by atoms with van der Waals surface area (Å²) in [4.78, 5) is 12.2. The molecule has 1 aromatic carbocycles. The molecule has 6 heteroatoms. The highest BCUT2D eigenvalue weighted by atomic mass is 79.9. The molecule has 0 saturated carbocycles. The first-order chi connectivity index (χ1) is 9.61. The first-order valence-electron chi connectivity index (χ1n) is 6.59. The van der Waals surface area contributed by atoms with E-state index in [4.69, 9.17) is 4.74 Å². The topological polar surface area (TPSA) is 55.7 Å². The Morgan fingerprint density at radius 1 is 1.24 bits per heavy atom. The van der Waals surface area contributed by atoms with Gasteiger partial charge in [0.2, 0.25) is 0 Å². The molecule has 0 aromatic heterocycles. The zero-order chi connectivity index (χ0) is 16.2. The quantitative estimate of drug-likeness (QED) is 0.597. The minimum Gasteiger partial charge on any atom is -0.458 e. The number of hydrogen-bond donors (Lipinski definition) is 0. The number of hydrogen-bond acceptors (Lipinski definition) is 3. The van der Waals surface area contributed by atoms with Crippen molar-refractivity contribution in [2.45, 2.75) is 45.5 Å². The van der Waals surface area contributed by atoms with Crippen molar-refractivity contribution in [3.63, 3.8) is 0 Å². The number of carbonyl (C=O) groups is 1. The van der Waals surface area contributed by atoms with Gasteiger partial charge < -0.3 is 4.74 Å². The fraction of sp³-hybridized carbons (Fsp3) is 0.467. The first kappa shape index (κ1) is 18.0. The SMILES string of the molecule is CC(C)OC(=O)/C(=N/[S@@](=O)C(C)(C)C)c1ccc(Br)cc1. The monoisotopic (exact) mass is 373 g/mol. The maximum atomic E-state index is 12.2. The lowest BCUT2D eigenvalue weighted by Gasteiger charge is -2.15. The van der Waals surface area contributed by atoms with Crippen LogP contribution in [-0.4, -0.2) is 26.7 Å². The number of nitrogens with zero attached hydrogens (tertiary/aromatic N) is 1. The minimum absolute atomic E-state index is 0.0875. The standard InChI is InChI=1S/C15H20BrNO3S/c1-10(2)20-14(18)13(17-21(19)15(3,4)5)11-6-8-12(16)9-7-11/h6-10H,1-5H3/b17-13+/t21-/m0/s1. The summed E-state index contributed by atoms with van der Waals surface area (Å²) in [5.74, 6) is -0.565. The molecule has 21 heavy (non-hydrogen) atoms. The summed E-state index contributed by atoms with van der Waals surface area (Å²) in [5.41, 5.74) is 0.672. The van der Waals surface area contributed by atoms with Crippen LogP contribution in [0.25, 0.3) is 0 Å². The Balaban J connectivity index is 3.23. The summed E-state index contributed by atoms with van der Waals surface area (Å²) in [6, 6.07) is 7.08. The number of benzene rings is 1. The highest BCUT2D eigenvalue weighted by molar-refractivity contribution is 9.10. The lowest BCUT2D eigenvalue weighted by Crippen LogP contribution is -2.26. The van der Waals surface area contributed by atoms with Crippen molar-refractivity contribution >= 4 is 38.6 Å². The molecule has 0 radical (unpaired) electrons. The lowest BCUT2D eigenvalue weighted by molar-refractivity contribution is -0.138. The first-order valence-corrected chi connectivity index (χ1v) is 8.49. The van der Waals surface area contributed by atoms with Gasteiger partial charge in [-0.2, -0.15) is 4.40 Å². The summed E-state index contributed by atoms with van der Waals surface area (Å²) in [6.07, 6.45) is -0.263. The van der Waals surface area contributed by atoms with E-state index in [0.717, 1.165) is 4.47 Å². The van der Waals surface area contributed by atoms with Gasteiger partial charge in [0.1, 0.15) is 11.0 Å². The zero-order valence-electron chi connectivity index (χ0n) is 12.8. The molecule has 0 aliphatic carbocycles. The van der Waals surface area contributed by atoms with E-state index in [1.54, 1.807) is 58.9 Å². The fourth-order valence-electron chi connectivity index (χ4n) is 1.31. The third kappa shape index (κ3) is 5.71. The van der Waals surface area contributed by atoms with Gasteiger partial charge in [-0.25, -0.2) is 9.00 Å². The van der Waals surface area contributed by atoms with E-state index in [0.29, 0.717) is 5.56 Å². The van der Waals surface area contributed by atoms with Crippen LogP contribution >= 0.6 is 15.9 Å². The van der Waals surface area contributed by atoms with Crippen molar-refractivity contribution in [2.24, 2.45) is 4.40 Å². The van der Waals surface area contributed by atoms with E-state index in [1.165, 1.54) is 0 Å². The van der Waals surface area contributed by atoms with Crippen molar-refractivity contribution in [3.8, 4) is 0 Å². The van der Waals surface area contributed by atoms with Crippen LogP contribution in [0.5, 0.6) is 0 Å². The Morgan fingerprint density at radius 2 is 1.76 bits per heavy atom. The van der Waals surface area contributed by atoms with Crippen molar-refractivity contribution in [1.82, 2.24) is 0 Å². The Bertz CT molecular complexity index is 559. The molecule has 1 rings (SSSR count). The molecule has 0 bridgehead atoms. The van der Waals surface area contributed by atoms with Gasteiger partial charge >= 0.3 is 5.97 Å². The summed E-state index contributed by atoms with van der Waals surface area (Å²) in [6.45, 7) is 8.94. The minimum atomic E-state index is -1.53. The molecule has 0 amide bonds. The second-order valence-electron chi connectivity index (χ2n) is 5.76. The second kappa shape index (κ2) is 7.31. The molecule has 0 fully saturated rings. The molecule has 0 N–H and O–H groups in total. The van der Waals surface area contributed by atoms with Crippen LogP contribution in [0.15, 0.2) is 33.1 Å². The fourth-order valence-corrected chi connectivity index (χ4v) is 2.19. The van der Waals surface area contributed by atoms with Crippen LogP contribution in [0.1, 0.15) is 40.2 Å². The van der Waals surface area contributed by atoms with Gasteiger partial charge in [-0.1, -0.05) is 28.1 Å². The van der Waals surface area contributed by atoms with E-state index >= 15 is 0 Å². The van der Waals surface area contributed by atoms with Gasteiger partial charge in [0, 0.05) is 10.0 Å². The average molecular weight is 374 g/mol. The summed E-state index contributed by atoms with van der Waals surface area (Å²) < 4.78 is 21.9. The van der Waals surface area contributed by atoms with Crippen LogP contribution in [0.2, 0.25) is 0 Å². The van der Waals surface area contributed by atoms with Crippen LogP contribution in [0, 0.1) is 0 Å². The van der Waals surface area contributed by atoms with Crippen molar-refractivity contribution < 1.29 is 13.7 Å². The maximum Gasteiger partial charge on any atom is 0.358 e. The van der Waals surface area contributed by atoms with Crippen molar-refractivity contribution in [3.05, 3.63) is 34.3 Å². The summed E-state index contributed by atoms with van der Waals surface area (Å²) in [5, 5.41) is 0. The third-order valence-corrected chi connectivity index (χ3v) is 4.28. The molecule has 0 aliphatic rings. The Kier molecular flexibility index (Phi) is 6.28.